The molecule has 1 amide bonds. The number of azo groups is 1. The average molecular weight is 349 g/mol. The molecule has 1 heterocycles. The van der Waals surface area contributed by atoms with Crippen molar-refractivity contribution in [2.24, 2.45) is 10.2 Å². The summed E-state index contributed by atoms with van der Waals surface area (Å²) >= 11 is 1.29. The quantitative estimate of drug-likeness (QED) is 0.400. The molecule has 0 saturated carbocycles. The van der Waals surface area contributed by atoms with Crippen molar-refractivity contribution < 1.29 is 4.79 Å². The zero-order valence-corrected chi connectivity index (χ0v) is 14.1. The summed E-state index contributed by atoms with van der Waals surface area (Å²) in [6, 6.07) is 18.4. The van der Waals surface area contributed by atoms with Gasteiger partial charge in [-0.25, -0.2) is 9.97 Å². The summed E-state index contributed by atoms with van der Waals surface area (Å²) in [7, 11) is 0. The summed E-state index contributed by atoms with van der Waals surface area (Å²) in [6.45, 7) is 0. The Hall–Kier alpha value is -3.06. The number of hydrogen-bond donors (Lipinski definition) is 1. The van der Waals surface area contributed by atoms with E-state index < -0.39 is 0 Å². The third-order valence-corrected chi connectivity index (χ3v) is 3.94. The molecule has 25 heavy (non-hydrogen) atoms. The monoisotopic (exact) mass is 349 g/mol. The van der Waals surface area contributed by atoms with Gasteiger partial charge in [0.1, 0.15) is 0 Å². The number of anilines is 1. The summed E-state index contributed by atoms with van der Waals surface area (Å²) in [5, 5.41) is 11.7. The van der Waals surface area contributed by atoms with Crippen LogP contribution in [0.2, 0.25) is 0 Å². The first-order chi connectivity index (χ1) is 12.3. The molecule has 124 valence electrons. The lowest BCUT2D eigenvalue weighted by Crippen LogP contribution is -2.14. The minimum atomic E-state index is -0.115. The van der Waals surface area contributed by atoms with Gasteiger partial charge in [-0.05, 0) is 42.5 Å². The van der Waals surface area contributed by atoms with Gasteiger partial charge in [0.2, 0.25) is 5.91 Å². The molecule has 0 aliphatic carbocycles. The molecule has 1 aromatic heterocycles. The Morgan fingerprint density at radius 3 is 2.20 bits per heavy atom. The molecule has 6 nitrogen and oxygen atoms in total. The number of thioether (sulfide) groups is 1. The highest BCUT2D eigenvalue weighted by molar-refractivity contribution is 7.99. The second-order valence-corrected chi connectivity index (χ2v) is 5.89. The summed E-state index contributed by atoms with van der Waals surface area (Å²) < 4.78 is 0. The summed E-state index contributed by atoms with van der Waals surface area (Å²) in [5.74, 6) is 0.135. The molecule has 0 spiro atoms. The number of amides is 1. The van der Waals surface area contributed by atoms with E-state index >= 15 is 0 Å². The van der Waals surface area contributed by atoms with Gasteiger partial charge in [-0.3, -0.25) is 4.79 Å². The molecule has 0 unspecified atom stereocenters. The van der Waals surface area contributed by atoms with Crippen molar-refractivity contribution in [3.63, 3.8) is 0 Å². The van der Waals surface area contributed by atoms with E-state index in [1.807, 2.05) is 30.3 Å². The van der Waals surface area contributed by atoms with E-state index in [0.717, 1.165) is 5.69 Å². The lowest BCUT2D eigenvalue weighted by Gasteiger charge is -2.04. The number of hydrogen-bond acceptors (Lipinski definition) is 6. The van der Waals surface area contributed by atoms with Gasteiger partial charge in [0.25, 0.3) is 0 Å². The van der Waals surface area contributed by atoms with Crippen LogP contribution in [0.4, 0.5) is 17.1 Å². The predicted molar refractivity (Wildman–Crippen MR) is 98.4 cm³/mol. The van der Waals surface area contributed by atoms with Crippen molar-refractivity contribution in [1.29, 1.82) is 0 Å². The van der Waals surface area contributed by atoms with Crippen molar-refractivity contribution in [2.45, 2.75) is 5.16 Å². The normalized spacial score (nSPS) is 10.7. The van der Waals surface area contributed by atoms with E-state index in [1.165, 1.54) is 11.8 Å². The first kappa shape index (κ1) is 16.8. The molecule has 2 aromatic carbocycles. The topological polar surface area (TPSA) is 79.6 Å². The van der Waals surface area contributed by atoms with Gasteiger partial charge in [0, 0.05) is 18.1 Å². The fourth-order valence-corrected chi connectivity index (χ4v) is 2.51. The Bertz CT molecular complexity index is 838. The Kier molecular flexibility index (Phi) is 5.84. The largest absolute Gasteiger partial charge is 0.325 e. The number of carbonyl (C=O) groups excluding carboxylic acids is 1. The minimum absolute atomic E-state index is 0.115. The Balaban J connectivity index is 1.52. The highest BCUT2D eigenvalue weighted by atomic mass is 32.2. The van der Waals surface area contributed by atoms with Crippen molar-refractivity contribution in [3.8, 4) is 0 Å². The maximum atomic E-state index is 12.0. The van der Waals surface area contributed by atoms with Crippen LogP contribution in [0.1, 0.15) is 0 Å². The van der Waals surface area contributed by atoms with E-state index in [4.69, 9.17) is 0 Å². The van der Waals surface area contributed by atoms with Crippen LogP contribution in [0.15, 0.2) is 88.4 Å². The molecule has 0 bridgehead atoms. The van der Waals surface area contributed by atoms with Gasteiger partial charge in [0.15, 0.2) is 5.16 Å². The molecule has 3 rings (SSSR count). The first-order valence-electron chi connectivity index (χ1n) is 7.56. The van der Waals surface area contributed by atoms with Crippen LogP contribution < -0.4 is 5.32 Å². The summed E-state index contributed by atoms with van der Waals surface area (Å²) in [4.78, 5) is 20.1. The lowest BCUT2D eigenvalue weighted by molar-refractivity contribution is -0.113. The fraction of sp³-hybridized carbons (Fsp3) is 0.0556. The number of rotatable bonds is 6. The van der Waals surface area contributed by atoms with E-state index in [1.54, 1.807) is 42.7 Å². The highest BCUT2D eigenvalue weighted by Gasteiger charge is 2.05. The third kappa shape index (κ3) is 5.50. The molecule has 0 saturated heterocycles. The van der Waals surface area contributed by atoms with Gasteiger partial charge >= 0.3 is 0 Å². The number of aromatic nitrogens is 2. The zero-order chi connectivity index (χ0) is 17.3. The molecule has 1 N–H and O–H groups in total. The molecular formula is C18H15N5OS. The minimum Gasteiger partial charge on any atom is -0.325 e. The summed E-state index contributed by atoms with van der Waals surface area (Å²) in [5.41, 5.74) is 2.21. The maximum Gasteiger partial charge on any atom is 0.234 e. The van der Waals surface area contributed by atoms with Crippen LogP contribution in [-0.4, -0.2) is 21.6 Å². The van der Waals surface area contributed by atoms with E-state index in [0.29, 0.717) is 16.5 Å². The Morgan fingerprint density at radius 2 is 1.52 bits per heavy atom. The molecule has 0 aliphatic rings. The van der Waals surface area contributed by atoms with E-state index in [9.17, 15) is 4.79 Å². The Labute approximate surface area is 149 Å². The van der Waals surface area contributed by atoms with Crippen LogP contribution in [0.3, 0.4) is 0 Å². The van der Waals surface area contributed by atoms with Crippen LogP contribution >= 0.6 is 11.8 Å². The van der Waals surface area contributed by atoms with E-state index in [2.05, 4.69) is 25.5 Å². The standard InChI is InChI=1S/C18H15N5OS/c24-17(13-25-18-19-11-4-12-20-18)21-14-7-9-16(10-8-14)23-22-15-5-2-1-3-6-15/h1-12H,13H2,(H,21,24). The van der Waals surface area contributed by atoms with E-state index in [-0.39, 0.29) is 11.7 Å². The van der Waals surface area contributed by atoms with Gasteiger partial charge in [0.05, 0.1) is 17.1 Å². The van der Waals surface area contributed by atoms with Crippen molar-refractivity contribution in [3.05, 3.63) is 73.1 Å². The second-order valence-electron chi connectivity index (χ2n) is 4.95. The van der Waals surface area contributed by atoms with Crippen molar-refractivity contribution in [1.82, 2.24) is 9.97 Å². The number of nitrogens with zero attached hydrogens (tertiary/aromatic N) is 4. The van der Waals surface area contributed by atoms with Crippen LogP contribution in [0, 0.1) is 0 Å². The first-order valence-corrected chi connectivity index (χ1v) is 8.55. The van der Waals surface area contributed by atoms with Gasteiger partial charge in [-0.15, -0.1) is 0 Å². The fourth-order valence-electron chi connectivity index (χ4n) is 1.91. The molecule has 0 aliphatic heterocycles. The van der Waals surface area contributed by atoms with Gasteiger partial charge < -0.3 is 5.32 Å². The van der Waals surface area contributed by atoms with Crippen molar-refractivity contribution >= 4 is 34.7 Å². The second kappa shape index (κ2) is 8.70. The SMILES string of the molecule is O=C(CSc1ncccn1)Nc1ccc(N=Nc2ccccc2)cc1. The molecule has 0 radical (unpaired) electrons. The lowest BCUT2D eigenvalue weighted by atomic mass is 10.3. The molecule has 3 aromatic rings. The zero-order valence-electron chi connectivity index (χ0n) is 13.2. The summed E-state index contributed by atoms with van der Waals surface area (Å²) in [6.07, 6.45) is 3.30. The smallest absolute Gasteiger partial charge is 0.234 e. The van der Waals surface area contributed by atoms with Crippen molar-refractivity contribution in [2.75, 3.05) is 11.1 Å². The highest BCUT2D eigenvalue weighted by Crippen LogP contribution is 2.20. The van der Waals surface area contributed by atoms with Crippen LogP contribution in [0.5, 0.6) is 0 Å². The number of benzene rings is 2. The van der Waals surface area contributed by atoms with Gasteiger partial charge in [-0.1, -0.05) is 30.0 Å². The molecular weight excluding hydrogens is 334 g/mol. The Morgan fingerprint density at radius 1 is 0.880 bits per heavy atom. The molecule has 0 fully saturated rings. The molecule has 7 heteroatoms. The number of nitrogens with one attached hydrogen (secondary N) is 1. The predicted octanol–water partition coefficient (Wildman–Crippen LogP) is 4.62. The average Bonchev–Trinajstić information content (AvgIpc) is 2.67. The van der Waals surface area contributed by atoms with Crippen LogP contribution in [-0.2, 0) is 4.79 Å². The maximum absolute atomic E-state index is 12.0. The third-order valence-electron chi connectivity index (χ3n) is 3.06. The van der Waals surface area contributed by atoms with Gasteiger partial charge in [-0.2, -0.15) is 10.2 Å². The number of carbonyl (C=O) groups is 1. The molecule has 0 atom stereocenters. The van der Waals surface area contributed by atoms with Crippen LogP contribution in [0.25, 0.3) is 0 Å².